The molecular weight excluding hydrogens is 358 g/mol. The average molecular weight is 380 g/mol. The smallest absolute Gasteiger partial charge is 0.238 e. The summed E-state index contributed by atoms with van der Waals surface area (Å²) < 4.78 is 2.24. The highest BCUT2D eigenvalue weighted by Gasteiger charge is 2.31. The number of carbonyl (C=O) groups excluding carboxylic acids is 1. The van der Waals surface area contributed by atoms with Gasteiger partial charge in [-0.3, -0.25) is 9.69 Å². The molecule has 1 atom stereocenters. The van der Waals surface area contributed by atoms with Gasteiger partial charge in [0.2, 0.25) is 5.91 Å². The van der Waals surface area contributed by atoms with Gasteiger partial charge >= 0.3 is 0 Å². The lowest BCUT2D eigenvalue weighted by Gasteiger charge is -2.37. The van der Waals surface area contributed by atoms with Gasteiger partial charge in [0.15, 0.2) is 0 Å². The van der Waals surface area contributed by atoms with Gasteiger partial charge < -0.3 is 9.88 Å². The monoisotopic (exact) mass is 379 g/mol. The zero-order valence-corrected chi connectivity index (χ0v) is 16.0. The van der Waals surface area contributed by atoms with Crippen LogP contribution < -0.4 is 5.32 Å². The van der Waals surface area contributed by atoms with Crippen molar-refractivity contribution in [2.24, 2.45) is 0 Å². The number of nitrogens with zero attached hydrogens (tertiary/aromatic N) is 2. The molecule has 0 aliphatic carbocycles. The average Bonchev–Trinajstić information content (AvgIpc) is 3.13. The molecule has 1 aliphatic heterocycles. The Morgan fingerprint density at radius 2 is 1.85 bits per heavy atom. The van der Waals surface area contributed by atoms with Crippen LogP contribution in [0.4, 0.5) is 5.69 Å². The van der Waals surface area contributed by atoms with E-state index in [4.69, 9.17) is 11.6 Å². The molecule has 0 spiro atoms. The van der Waals surface area contributed by atoms with Gasteiger partial charge in [0, 0.05) is 35.7 Å². The summed E-state index contributed by atoms with van der Waals surface area (Å²) in [5, 5.41) is 3.72. The van der Waals surface area contributed by atoms with E-state index in [-0.39, 0.29) is 11.9 Å². The first kappa shape index (κ1) is 17.8. The fourth-order valence-electron chi connectivity index (χ4n) is 3.68. The highest BCUT2D eigenvalue weighted by molar-refractivity contribution is 6.31. The summed E-state index contributed by atoms with van der Waals surface area (Å²) in [7, 11) is 0. The van der Waals surface area contributed by atoms with E-state index in [9.17, 15) is 4.79 Å². The summed E-state index contributed by atoms with van der Waals surface area (Å²) in [6, 6.07) is 19.9. The molecule has 0 saturated heterocycles. The zero-order chi connectivity index (χ0) is 18.8. The molecule has 4 rings (SSSR count). The van der Waals surface area contributed by atoms with E-state index in [0.29, 0.717) is 6.54 Å². The van der Waals surface area contributed by atoms with Crippen LogP contribution in [-0.4, -0.2) is 28.5 Å². The number of anilines is 1. The molecule has 0 unspecified atom stereocenters. The Balaban J connectivity index is 1.58. The van der Waals surface area contributed by atoms with Crippen molar-refractivity contribution >= 4 is 23.2 Å². The van der Waals surface area contributed by atoms with Gasteiger partial charge in [-0.05, 0) is 42.8 Å². The maximum atomic E-state index is 12.7. The van der Waals surface area contributed by atoms with Gasteiger partial charge in [-0.2, -0.15) is 0 Å². The molecule has 0 radical (unpaired) electrons. The molecule has 0 saturated carbocycles. The Labute approximate surface area is 164 Å². The van der Waals surface area contributed by atoms with Gasteiger partial charge in [0.1, 0.15) is 0 Å². The van der Waals surface area contributed by atoms with E-state index in [2.05, 4.69) is 33.1 Å². The molecule has 1 N–H and O–H groups in total. The lowest BCUT2D eigenvalue weighted by atomic mass is 10.00. The Morgan fingerprint density at radius 1 is 1.07 bits per heavy atom. The minimum atomic E-state index is -0.0359. The predicted octanol–water partition coefficient (Wildman–Crippen LogP) is 4.49. The largest absolute Gasteiger partial charge is 0.348 e. The minimum Gasteiger partial charge on any atom is -0.348 e. The van der Waals surface area contributed by atoms with Crippen molar-refractivity contribution < 1.29 is 4.79 Å². The summed E-state index contributed by atoms with van der Waals surface area (Å²) in [6.07, 6.45) is 2.09. The molecular formula is C22H22ClN3O. The number of amides is 1. The maximum Gasteiger partial charge on any atom is 0.238 e. The van der Waals surface area contributed by atoms with Crippen molar-refractivity contribution in [2.75, 3.05) is 18.4 Å². The van der Waals surface area contributed by atoms with Crippen LogP contribution in [0.3, 0.4) is 0 Å². The molecule has 2 aromatic carbocycles. The molecule has 0 bridgehead atoms. The summed E-state index contributed by atoms with van der Waals surface area (Å²) >= 11 is 6.50. The molecule has 5 heteroatoms. The number of rotatable bonds is 4. The van der Waals surface area contributed by atoms with Crippen molar-refractivity contribution in [3.05, 3.63) is 88.7 Å². The topological polar surface area (TPSA) is 37.3 Å². The first-order valence-electron chi connectivity index (χ1n) is 9.12. The number of halogens is 1. The van der Waals surface area contributed by atoms with E-state index >= 15 is 0 Å². The second-order valence-corrected chi connectivity index (χ2v) is 7.34. The van der Waals surface area contributed by atoms with E-state index < -0.39 is 0 Å². The predicted molar refractivity (Wildman–Crippen MR) is 109 cm³/mol. The first-order chi connectivity index (χ1) is 13.1. The van der Waals surface area contributed by atoms with Crippen LogP contribution in [0.2, 0.25) is 5.02 Å². The number of nitrogens with one attached hydrogen (secondary N) is 1. The molecule has 3 aromatic rings. The molecule has 2 heterocycles. The highest BCUT2D eigenvalue weighted by atomic mass is 35.5. The van der Waals surface area contributed by atoms with Crippen LogP contribution in [0.25, 0.3) is 0 Å². The molecule has 138 valence electrons. The lowest BCUT2D eigenvalue weighted by molar-refractivity contribution is -0.117. The first-order valence-corrected chi connectivity index (χ1v) is 9.49. The van der Waals surface area contributed by atoms with Gasteiger partial charge in [0.05, 0.1) is 12.6 Å². The molecule has 0 fully saturated rings. The maximum absolute atomic E-state index is 12.7. The van der Waals surface area contributed by atoms with Gasteiger partial charge in [-0.25, -0.2) is 0 Å². The third-order valence-corrected chi connectivity index (χ3v) is 5.36. The standard InChI is InChI=1S/C22H22ClN3O/c1-16-8-10-17(11-9-16)24-21(27)15-26-14-13-25-12-4-7-20(25)22(26)18-5-2-3-6-19(18)23/h2-12,22H,13-15H2,1H3,(H,24,27)/t22-/m1/s1. The Hall–Kier alpha value is -2.56. The van der Waals surface area contributed by atoms with E-state index in [1.165, 1.54) is 5.56 Å². The van der Waals surface area contributed by atoms with Crippen LogP contribution in [0.15, 0.2) is 66.9 Å². The van der Waals surface area contributed by atoms with E-state index in [1.54, 1.807) is 0 Å². The zero-order valence-electron chi connectivity index (χ0n) is 15.2. The van der Waals surface area contributed by atoms with Crippen molar-refractivity contribution in [2.45, 2.75) is 19.5 Å². The third kappa shape index (κ3) is 3.77. The molecule has 27 heavy (non-hydrogen) atoms. The number of hydrogen-bond acceptors (Lipinski definition) is 2. The van der Waals surface area contributed by atoms with Crippen LogP contribution in [0, 0.1) is 6.92 Å². The van der Waals surface area contributed by atoms with E-state index in [1.807, 2.05) is 55.5 Å². The second-order valence-electron chi connectivity index (χ2n) is 6.94. The molecule has 1 amide bonds. The van der Waals surface area contributed by atoms with Gasteiger partial charge in [-0.15, -0.1) is 0 Å². The summed E-state index contributed by atoms with van der Waals surface area (Å²) in [6.45, 7) is 4.00. The highest BCUT2D eigenvalue weighted by Crippen LogP contribution is 2.35. The van der Waals surface area contributed by atoms with Crippen molar-refractivity contribution in [1.29, 1.82) is 0 Å². The van der Waals surface area contributed by atoms with Crippen LogP contribution in [-0.2, 0) is 11.3 Å². The van der Waals surface area contributed by atoms with Crippen molar-refractivity contribution in [1.82, 2.24) is 9.47 Å². The van der Waals surface area contributed by atoms with Gasteiger partial charge in [0.25, 0.3) is 0 Å². The fraction of sp³-hybridized carbons (Fsp3) is 0.227. The van der Waals surface area contributed by atoms with Crippen LogP contribution >= 0.6 is 11.6 Å². The molecule has 4 nitrogen and oxygen atoms in total. The SMILES string of the molecule is Cc1ccc(NC(=O)CN2CCn3cccc3[C@H]2c2ccccc2Cl)cc1. The third-order valence-electron chi connectivity index (χ3n) is 5.02. The van der Waals surface area contributed by atoms with Crippen molar-refractivity contribution in [3.63, 3.8) is 0 Å². The van der Waals surface area contributed by atoms with Gasteiger partial charge in [-0.1, -0.05) is 47.5 Å². The summed E-state index contributed by atoms with van der Waals surface area (Å²) in [4.78, 5) is 14.9. The normalized spacial score (nSPS) is 16.7. The van der Waals surface area contributed by atoms with E-state index in [0.717, 1.165) is 35.1 Å². The Bertz CT molecular complexity index is 948. The van der Waals surface area contributed by atoms with Crippen LogP contribution in [0.5, 0.6) is 0 Å². The van der Waals surface area contributed by atoms with Crippen LogP contribution in [0.1, 0.15) is 22.9 Å². The quantitative estimate of drug-likeness (QED) is 0.725. The number of carbonyl (C=O) groups is 1. The number of hydrogen-bond donors (Lipinski definition) is 1. The Morgan fingerprint density at radius 3 is 2.63 bits per heavy atom. The Kier molecular flexibility index (Phi) is 5.01. The number of fused-ring (bicyclic) bond motifs is 1. The fourth-order valence-corrected chi connectivity index (χ4v) is 3.92. The molecule has 1 aliphatic rings. The number of benzene rings is 2. The number of aryl methyl sites for hydroxylation is 1. The summed E-state index contributed by atoms with van der Waals surface area (Å²) in [5.74, 6) is -0.0177. The summed E-state index contributed by atoms with van der Waals surface area (Å²) in [5.41, 5.74) is 4.18. The second kappa shape index (κ2) is 7.59. The van der Waals surface area contributed by atoms with Crippen molar-refractivity contribution in [3.8, 4) is 0 Å². The number of aromatic nitrogens is 1. The lowest BCUT2D eigenvalue weighted by Crippen LogP contribution is -2.42. The molecule has 1 aromatic heterocycles. The minimum absolute atomic E-state index is 0.0177.